The van der Waals surface area contributed by atoms with Crippen LogP contribution in [0, 0.1) is 11.5 Å². The fraction of sp³-hybridized carbons (Fsp3) is 0.333. The topological polar surface area (TPSA) is 123 Å². The molecule has 39 heavy (non-hydrogen) atoms. The summed E-state index contributed by atoms with van der Waals surface area (Å²) in [6, 6.07) is 7.49. The third kappa shape index (κ3) is 7.44. The largest absolute Gasteiger partial charge is 0.573 e. The predicted octanol–water partition coefficient (Wildman–Crippen LogP) is 4.28. The second-order valence-electron chi connectivity index (χ2n) is 7.93. The highest BCUT2D eigenvalue weighted by Gasteiger charge is 2.34. The summed E-state index contributed by atoms with van der Waals surface area (Å²) in [4.78, 5) is 18.2. The average Bonchev–Trinajstić information content (AvgIpc) is 2.89. The van der Waals surface area contributed by atoms with Gasteiger partial charge >= 0.3 is 6.36 Å². The van der Waals surface area contributed by atoms with Crippen LogP contribution in [-0.4, -0.2) is 71.8 Å². The van der Waals surface area contributed by atoms with Crippen molar-refractivity contribution in [1.82, 2.24) is 15.2 Å². The number of nitrogens with zero attached hydrogens (tertiary/aromatic N) is 5. The number of carbonyl (C=O) groups is 1. The van der Waals surface area contributed by atoms with Crippen LogP contribution in [0.5, 0.6) is 11.5 Å². The Kier molecular flexibility index (Phi) is 9.85. The van der Waals surface area contributed by atoms with E-state index in [4.69, 9.17) is 27.9 Å². The molecule has 1 atom stereocenters. The third-order valence-corrected chi connectivity index (χ3v) is 6.31. The summed E-state index contributed by atoms with van der Waals surface area (Å²) in [5.41, 5.74) is 0.797. The molecule has 10 nitrogen and oxygen atoms in total. The van der Waals surface area contributed by atoms with Crippen molar-refractivity contribution in [3.05, 3.63) is 52.0 Å². The maximum atomic E-state index is 12.8. The number of guanidine groups is 1. The number of likely N-dealkylation sites (N-methyl/N-ethyl adjacent to an activating group) is 1. The number of hydrazone groups is 1. The van der Waals surface area contributed by atoms with Crippen LogP contribution in [0.2, 0.25) is 10.0 Å². The number of aliphatic hydroxyl groups excluding tert-OH is 1. The molecular weight excluding hydrogens is 564 g/mol. The van der Waals surface area contributed by atoms with E-state index < -0.39 is 30.7 Å². The molecule has 2 N–H and O–H groups in total. The molecule has 1 amide bonds. The van der Waals surface area contributed by atoms with Gasteiger partial charge in [-0.25, -0.2) is 10.0 Å². The molecule has 0 aliphatic carbocycles. The monoisotopic (exact) mass is 586 g/mol. The average molecular weight is 587 g/mol. The molecule has 208 valence electrons. The minimum atomic E-state index is -4.93. The number of rotatable bonds is 7. The highest BCUT2D eigenvalue weighted by atomic mass is 35.5. The molecule has 0 fully saturated rings. The van der Waals surface area contributed by atoms with Crippen molar-refractivity contribution in [3.8, 4) is 17.7 Å². The van der Waals surface area contributed by atoms with Crippen LogP contribution in [0.3, 0.4) is 0 Å². The van der Waals surface area contributed by atoms with Crippen molar-refractivity contribution < 1.29 is 32.5 Å². The second-order valence-corrected chi connectivity index (χ2v) is 8.75. The van der Waals surface area contributed by atoms with Gasteiger partial charge in [0.05, 0.1) is 28.9 Å². The number of ether oxygens (including phenoxy) is 2. The summed E-state index contributed by atoms with van der Waals surface area (Å²) in [7, 11) is 1.31. The molecule has 0 saturated heterocycles. The number of aliphatic hydroxyl groups is 1. The molecule has 0 aromatic heterocycles. The zero-order valence-corrected chi connectivity index (χ0v) is 22.2. The SMILES string of the molecule is CCN(C(=O)CO)C1CCN(C(=Nc2cc(OC(F)(F)F)ccc2OC)NC#N)N=C1c1ccc(Cl)c(Cl)c1. The van der Waals surface area contributed by atoms with Crippen molar-refractivity contribution in [3.63, 3.8) is 0 Å². The van der Waals surface area contributed by atoms with Crippen LogP contribution in [0.4, 0.5) is 18.9 Å². The number of benzene rings is 2. The molecule has 0 saturated carbocycles. The van der Waals surface area contributed by atoms with Gasteiger partial charge in [-0.05, 0) is 37.6 Å². The Balaban J connectivity index is 2.13. The molecule has 0 bridgehead atoms. The van der Waals surface area contributed by atoms with E-state index in [1.807, 2.05) is 0 Å². The van der Waals surface area contributed by atoms with E-state index in [0.717, 1.165) is 12.1 Å². The number of alkyl halides is 3. The number of carbonyl (C=O) groups excluding carboxylic acids is 1. The normalized spacial score (nSPS) is 15.8. The van der Waals surface area contributed by atoms with Crippen LogP contribution in [-0.2, 0) is 4.79 Å². The minimum Gasteiger partial charge on any atom is -0.494 e. The lowest BCUT2D eigenvalue weighted by Crippen LogP contribution is -2.52. The van der Waals surface area contributed by atoms with Gasteiger partial charge in [-0.3, -0.25) is 10.1 Å². The van der Waals surface area contributed by atoms with Crippen molar-refractivity contribution in [2.45, 2.75) is 25.7 Å². The number of nitrogens with one attached hydrogen (secondary N) is 1. The zero-order valence-electron chi connectivity index (χ0n) is 20.7. The van der Waals surface area contributed by atoms with E-state index in [0.29, 0.717) is 22.7 Å². The van der Waals surface area contributed by atoms with Crippen LogP contribution < -0.4 is 14.8 Å². The number of hydrogen-bond donors (Lipinski definition) is 2. The van der Waals surface area contributed by atoms with Gasteiger partial charge in [0.15, 0.2) is 6.19 Å². The van der Waals surface area contributed by atoms with Crippen molar-refractivity contribution in [2.24, 2.45) is 10.1 Å². The van der Waals surface area contributed by atoms with Gasteiger partial charge in [-0.15, -0.1) is 13.2 Å². The van der Waals surface area contributed by atoms with Gasteiger partial charge in [-0.2, -0.15) is 10.4 Å². The van der Waals surface area contributed by atoms with E-state index in [2.05, 4.69) is 20.1 Å². The van der Waals surface area contributed by atoms with E-state index >= 15 is 0 Å². The van der Waals surface area contributed by atoms with Gasteiger partial charge in [0.25, 0.3) is 0 Å². The maximum absolute atomic E-state index is 12.8. The third-order valence-electron chi connectivity index (χ3n) is 5.57. The highest BCUT2D eigenvalue weighted by Crippen LogP contribution is 2.34. The van der Waals surface area contributed by atoms with Crippen LogP contribution in [0.15, 0.2) is 46.5 Å². The van der Waals surface area contributed by atoms with Gasteiger partial charge in [-0.1, -0.05) is 29.3 Å². The minimum absolute atomic E-state index is 0.0731. The molecule has 2 aromatic carbocycles. The highest BCUT2D eigenvalue weighted by molar-refractivity contribution is 6.42. The first-order valence-electron chi connectivity index (χ1n) is 11.4. The summed E-state index contributed by atoms with van der Waals surface area (Å²) in [6.07, 6.45) is -2.90. The van der Waals surface area contributed by atoms with Gasteiger partial charge < -0.3 is 19.5 Å². The van der Waals surface area contributed by atoms with Crippen LogP contribution >= 0.6 is 23.2 Å². The Morgan fingerprint density at radius 1 is 1.31 bits per heavy atom. The Morgan fingerprint density at radius 2 is 2.05 bits per heavy atom. The quantitative estimate of drug-likeness (QED) is 0.215. The van der Waals surface area contributed by atoms with Crippen molar-refractivity contribution in [1.29, 1.82) is 5.26 Å². The summed E-state index contributed by atoms with van der Waals surface area (Å²) < 4.78 is 47.5. The van der Waals surface area contributed by atoms with E-state index in [-0.39, 0.29) is 35.5 Å². The molecule has 2 aromatic rings. The lowest BCUT2D eigenvalue weighted by Gasteiger charge is -2.37. The molecule has 0 spiro atoms. The maximum Gasteiger partial charge on any atom is 0.573 e. The van der Waals surface area contributed by atoms with Crippen molar-refractivity contribution in [2.75, 3.05) is 26.8 Å². The molecule has 1 aliphatic heterocycles. The Morgan fingerprint density at radius 3 is 2.64 bits per heavy atom. The van der Waals surface area contributed by atoms with Crippen molar-refractivity contribution >= 4 is 46.5 Å². The Hall–Kier alpha value is -3.73. The lowest BCUT2D eigenvalue weighted by molar-refractivity contribution is -0.274. The van der Waals surface area contributed by atoms with E-state index in [1.54, 1.807) is 31.3 Å². The summed E-state index contributed by atoms with van der Waals surface area (Å²) in [5, 5.41) is 27.7. The molecule has 1 aliphatic rings. The number of nitriles is 1. The van der Waals surface area contributed by atoms with Crippen LogP contribution in [0.25, 0.3) is 0 Å². The molecule has 3 rings (SSSR count). The van der Waals surface area contributed by atoms with E-state index in [9.17, 15) is 28.3 Å². The Labute approximate surface area is 231 Å². The zero-order chi connectivity index (χ0) is 28.7. The van der Waals surface area contributed by atoms with Gasteiger partial charge in [0.2, 0.25) is 11.9 Å². The summed E-state index contributed by atoms with van der Waals surface area (Å²) in [5.74, 6) is -1.08. The molecule has 1 unspecified atom stereocenters. The standard InChI is InChI=1S/C24H23Cl2F3N6O4/c1-3-34(21(37)12-36)19-8-9-35(33-22(19)14-4-6-16(25)17(26)10-14)23(31-13-30)32-18-11-15(39-24(27,28)29)5-7-20(18)38-2/h4-7,10-11,19,36H,3,8-9,12H2,1-2H3,(H,31,32). The van der Waals surface area contributed by atoms with E-state index in [1.165, 1.54) is 23.1 Å². The first-order chi connectivity index (χ1) is 18.5. The van der Waals surface area contributed by atoms with Gasteiger partial charge in [0.1, 0.15) is 23.8 Å². The fourth-order valence-corrected chi connectivity index (χ4v) is 4.22. The number of halogens is 5. The number of amides is 1. The summed E-state index contributed by atoms with van der Waals surface area (Å²) >= 11 is 12.3. The predicted molar refractivity (Wildman–Crippen MR) is 138 cm³/mol. The fourth-order valence-electron chi connectivity index (χ4n) is 3.92. The first-order valence-corrected chi connectivity index (χ1v) is 12.2. The molecule has 0 radical (unpaired) electrons. The lowest BCUT2D eigenvalue weighted by atomic mass is 9.97. The van der Waals surface area contributed by atoms with Gasteiger partial charge in [0, 0.05) is 24.7 Å². The smallest absolute Gasteiger partial charge is 0.494 e. The first kappa shape index (κ1) is 29.8. The number of methoxy groups -OCH3 is 1. The number of aliphatic imine (C=N–C) groups is 1. The summed E-state index contributed by atoms with van der Waals surface area (Å²) in [6.45, 7) is 1.45. The van der Waals surface area contributed by atoms with Crippen LogP contribution in [0.1, 0.15) is 18.9 Å². The Bertz CT molecular complexity index is 1320. The molecular formula is C24H23Cl2F3N6O4. The number of hydrogen-bond acceptors (Lipinski definition) is 7. The second kappa shape index (κ2) is 12.9. The molecule has 15 heteroatoms. The molecule has 1 heterocycles.